The summed E-state index contributed by atoms with van der Waals surface area (Å²) in [7, 11) is 0. The van der Waals surface area contributed by atoms with Crippen molar-refractivity contribution in [1.29, 1.82) is 0 Å². The molecule has 10 nitrogen and oxygen atoms in total. The van der Waals surface area contributed by atoms with E-state index in [4.69, 9.17) is 4.74 Å². The highest BCUT2D eigenvalue weighted by Crippen LogP contribution is 2.39. The van der Waals surface area contributed by atoms with E-state index in [1.807, 2.05) is 0 Å². The second-order valence-corrected chi connectivity index (χ2v) is 10.1. The number of carbonyl (C=O) groups is 4. The number of imide groups is 2. The summed E-state index contributed by atoms with van der Waals surface area (Å²) in [6.07, 6.45) is 3.03. The molecule has 2 N–H and O–H groups in total. The summed E-state index contributed by atoms with van der Waals surface area (Å²) in [6.45, 7) is 7.69. The number of morpholine rings is 1. The van der Waals surface area contributed by atoms with E-state index < -0.39 is 11.8 Å². The Hall–Kier alpha value is -3.34. The molecular formula is C27H31N5O5. The predicted octanol–water partition coefficient (Wildman–Crippen LogP) is 1.55. The van der Waals surface area contributed by atoms with E-state index >= 15 is 0 Å². The maximum atomic E-state index is 13.7. The summed E-state index contributed by atoms with van der Waals surface area (Å²) in [5, 5.41) is 6.56. The molecular weight excluding hydrogens is 474 g/mol. The zero-order valence-electron chi connectivity index (χ0n) is 20.8. The Kier molecular flexibility index (Phi) is 6.39. The van der Waals surface area contributed by atoms with E-state index in [1.54, 1.807) is 18.2 Å². The SMILES string of the molecule is O=C1NC(=O)c2c(NCCN3CCCC3)cc3c4c(ccc1c24)C(=O)N(CCCN1CCOCC1)C3=O. The molecule has 2 saturated heterocycles. The predicted molar refractivity (Wildman–Crippen MR) is 137 cm³/mol. The first-order valence-corrected chi connectivity index (χ1v) is 13.1. The molecule has 37 heavy (non-hydrogen) atoms. The summed E-state index contributed by atoms with van der Waals surface area (Å²) in [5.74, 6) is -1.80. The molecule has 0 atom stereocenters. The van der Waals surface area contributed by atoms with Crippen molar-refractivity contribution in [2.24, 2.45) is 0 Å². The van der Waals surface area contributed by atoms with E-state index in [0.29, 0.717) is 71.4 Å². The summed E-state index contributed by atoms with van der Waals surface area (Å²) in [5.41, 5.74) is 1.85. The van der Waals surface area contributed by atoms with Crippen LogP contribution in [0.5, 0.6) is 0 Å². The zero-order chi connectivity index (χ0) is 25.5. The van der Waals surface area contributed by atoms with E-state index in [9.17, 15) is 19.2 Å². The average Bonchev–Trinajstić information content (AvgIpc) is 3.42. The standard InChI is InChI=1S/C27H31N5O5/c33-24-17-4-5-18-21-19(27(36)32(26(18)35)10-3-9-31-12-14-37-15-13-31)16-20(23(22(17)21)25(34)29-24)28-6-11-30-7-1-2-8-30/h4-5,16,28H,1-3,6-15H2,(H,29,33,34). The Labute approximate surface area is 214 Å². The molecule has 0 spiro atoms. The van der Waals surface area contributed by atoms with Gasteiger partial charge < -0.3 is 15.0 Å². The van der Waals surface area contributed by atoms with Crippen LogP contribution in [-0.2, 0) is 4.74 Å². The topological polar surface area (TPSA) is 111 Å². The first kappa shape index (κ1) is 24.0. The third kappa shape index (κ3) is 4.28. The molecule has 0 saturated carbocycles. The van der Waals surface area contributed by atoms with Crippen LogP contribution in [0.3, 0.4) is 0 Å². The van der Waals surface area contributed by atoms with Crippen LogP contribution in [-0.4, -0.2) is 104 Å². The number of amides is 4. The van der Waals surface area contributed by atoms with Gasteiger partial charge >= 0.3 is 0 Å². The lowest BCUT2D eigenvalue weighted by molar-refractivity contribution is 0.0352. The molecule has 2 fully saturated rings. The molecule has 0 radical (unpaired) electrons. The maximum Gasteiger partial charge on any atom is 0.261 e. The van der Waals surface area contributed by atoms with Gasteiger partial charge in [0.1, 0.15) is 0 Å². The lowest BCUT2D eigenvalue weighted by Crippen LogP contribution is -2.44. The fourth-order valence-electron chi connectivity index (χ4n) is 5.93. The molecule has 194 valence electrons. The third-order valence-corrected chi connectivity index (χ3v) is 7.83. The number of hydrogen-bond donors (Lipinski definition) is 2. The second kappa shape index (κ2) is 9.85. The van der Waals surface area contributed by atoms with Crippen molar-refractivity contribution in [2.75, 3.05) is 70.9 Å². The number of anilines is 1. The van der Waals surface area contributed by atoms with Gasteiger partial charge in [0.2, 0.25) is 0 Å². The number of likely N-dealkylation sites (tertiary alicyclic amines) is 1. The van der Waals surface area contributed by atoms with Crippen molar-refractivity contribution in [2.45, 2.75) is 19.3 Å². The molecule has 2 aromatic rings. The van der Waals surface area contributed by atoms with Crippen molar-refractivity contribution < 1.29 is 23.9 Å². The van der Waals surface area contributed by atoms with E-state index in [-0.39, 0.29) is 11.8 Å². The number of nitrogens with zero attached hydrogens (tertiary/aromatic N) is 3. The Balaban J connectivity index is 1.33. The van der Waals surface area contributed by atoms with Crippen LogP contribution in [0.25, 0.3) is 10.8 Å². The molecule has 10 heteroatoms. The van der Waals surface area contributed by atoms with Crippen LogP contribution in [0, 0.1) is 0 Å². The van der Waals surface area contributed by atoms with Crippen molar-refractivity contribution in [1.82, 2.24) is 20.0 Å². The monoisotopic (exact) mass is 505 g/mol. The summed E-state index contributed by atoms with van der Waals surface area (Å²) in [4.78, 5) is 58.7. The van der Waals surface area contributed by atoms with Gasteiger partial charge in [-0.25, -0.2) is 0 Å². The molecule has 2 aromatic carbocycles. The van der Waals surface area contributed by atoms with Crippen LogP contribution in [0.2, 0.25) is 0 Å². The fourth-order valence-corrected chi connectivity index (χ4v) is 5.93. The summed E-state index contributed by atoms with van der Waals surface area (Å²) < 4.78 is 5.40. The average molecular weight is 506 g/mol. The van der Waals surface area contributed by atoms with Crippen molar-refractivity contribution in [3.05, 3.63) is 40.5 Å². The van der Waals surface area contributed by atoms with Gasteiger partial charge in [0, 0.05) is 66.9 Å². The number of carbonyl (C=O) groups excluding carboxylic acids is 4. The summed E-state index contributed by atoms with van der Waals surface area (Å²) >= 11 is 0. The lowest BCUT2D eigenvalue weighted by atomic mass is 9.85. The van der Waals surface area contributed by atoms with E-state index in [2.05, 4.69) is 20.4 Å². The number of nitrogens with one attached hydrogen (secondary N) is 2. The Morgan fingerprint density at radius 2 is 1.49 bits per heavy atom. The smallest absolute Gasteiger partial charge is 0.261 e. The minimum atomic E-state index is -0.517. The first-order valence-electron chi connectivity index (χ1n) is 13.1. The van der Waals surface area contributed by atoms with E-state index in [1.165, 1.54) is 17.7 Å². The first-order chi connectivity index (χ1) is 18.0. The minimum Gasteiger partial charge on any atom is -0.383 e. The van der Waals surface area contributed by atoms with Crippen LogP contribution in [0.4, 0.5) is 5.69 Å². The zero-order valence-corrected chi connectivity index (χ0v) is 20.8. The van der Waals surface area contributed by atoms with Gasteiger partial charge in [-0.05, 0) is 50.6 Å². The molecule has 4 aliphatic rings. The van der Waals surface area contributed by atoms with Crippen LogP contribution >= 0.6 is 0 Å². The molecule has 0 aromatic heterocycles. The molecule has 0 aliphatic carbocycles. The second-order valence-electron chi connectivity index (χ2n) is 10.1. The molecule has 6 rings (SSSR count). The highest BCUT2D eigenvalue weighted by atomic mass is 16.5. The van der Waals surface area contributed by atoms with Crippen molar-refractivity contribution >= 4 is 40.1 Å². The van der Waals surface area contributed by atoms with E-state index in [0.717, 1.165) is 39.3 Å². The van der Waals surface area contributed by atoms with Crippen molar-refractivity contribution in [3.63, 3.8) is 0 Å². The maximum absolute atomic E-state index is 13.7. The van der Waals surface area contributed by atoms with Gasteiger partial charge in [-0.2, -0.15) is 0 Å². The Morgan fingerprint density at radius 1 is 0.784 bits per heavy atom. The van der Waals surface area contributed by atoms with Gasteiger partial charge in [-0.15, -0.1) is 0 Å². The van der Waals surface area contributed by atoms with Gasteiger partial charge in [0.15, 0.2) is 0 Å². The molecule has 4 heterocycles. The quantitative estimate of drug-likeness (QED) is 0.520. The Morgan fingerprint density at radius 3 is 2.27 bits per heavy atom. The fraction of sp³-hybridized carbons (Fsp3) is 0.481. The van der Waals surface area contributed by atoms with Gasteiger partial charge in [-0.3, -0.25) is 34.3 Å². The lowest BCUT2D eigenvalue weighted by Gasteiger charge is -2.31. The molecule has 4 amide bonds. The third-order valence-electron chi connectivity index (χ3n) is 7.83. The van der Waals surface area contributed by atoms with Crippen LogP contribution < -0.4 is 10.6 Å². The van der Waals surface area contributed by atoms with Crippen LogP contribution in [0.1, 0.15) is 60.7 Å². The summed E-state index contributed by atoms with van der Waals surface area (Å²) in [6, 6.07) is 4.87. The Bertz CT molecular complexity index is 1300. The molecule has 0 unspecified atom stereocenters. The molecule has 0 bridgehead atoms. The number of hydrogen-bond acceptors (Lipinski definition) is 8. The number of ether oxygens (including phenoxy) is 1. The van der Waals surface area contributed by atoms with Crippen LogP contribution in [0.15, 0.2) is 18.2 Å². The van der Waals surface area contributed by atoms with Gasteiger partial charge in [0.05, 0.1) is 24.3 Å². The normalized spacial score (nSPS) is 20.2. The van der Waals surface area contributed by atoms with Gasteiger partial charge in [0.25, 0.3) is 23.6 Å². The van der Waals surface area contributed by atoms with Gasteiger partial charge in [-0.1, -0.05) is 0 Å². The number of rotatable bonds is 8. The largest absolute Gasteiger partial charge is 0.383 e. The number of benzene rings is 2. The highest BCUT2D eigenvalue weighted by Gasteiger charge is 2.38. The van der Waals surface area contributed by atoms with Crippen molar-refractivity contribution in [3.8, 4) is 0 Å². The minimum absolute atomic E-state index is 0.302. The highest BCUT2D eigenvalue weighted by molar-refractivity contribution is 6.34. The molecule has 4 aliphatic heterocycles.